The minimum absolute atomic E-state index is 0.319. The Morgan fingerprint density at radius 2 is 1.92 bits per heavy atom. The van der Waals surface area contributed by atoms with Crippen LogP contribution in [0, 0.1) is 0 Å². The molecule has 2 atom stereocenters. The van der Waals surface area contributed by atoms with Crippen molar-refractivity contribution in [3.63, 3.8) is 0 Å². The molecule has 3 nitrogen and oxygen atoms in total. The Labute approximate surface area is 79.3 Å². The van der Waals surface area contributed by atoms with E-state index in [2.05, 4.69) is 4.90 Å². The number of amides is 1. The zero-order valence-electron chi connectivity index (χ0n) is 8.20. The molecule has 0 aromatic heterocycles. The van der Waals surface area contributed by atoms with Crippen molar-refractivity contribution in [3.05, 3.63) is 0 Å². The fourth-order valence-electron chi connectivity index (χ4n) is 2.81. The molecule has 0 saturated carbocycles. The number of fused-ring (bicyclic) bond motifs is 2. The van der Waals surface area contributed by atoms with E-state index in [0.29, 0.717) is 30.5 Å². The molecule has 2 unspecified atom stereocenters. The van der Waals surface area contributed by atoms with Crippen LogP contribution in [0.5, 0.6) is 0 Å². The molecular formula is C10H18N2O. The fourth-order valence-corrected chi connectivity index (χ4v) is 2.81. The smallest absolute Gasteiger partial charge is 0.222 e. The average Bonchev–Trinajstić information content (AvgIpc) is 2.37. The highest BCUT2D eigenvalue weighted by atomic mass is 16.2. The van der Waals surface area contributed by atoms with Crippen molar-refractivity contribution in [2.24, 2.45) is 5.73 Å². The highest BCUT2D eigenvalue weighted by Crippen LogP contribution is 2.35. The lowest BCUT2D eigenvalue weighted by molar-refractivity contribution is -0.135. The van der Waals surface area contributed by atoms with Crippen molar-refractivity contribution in [3.8, 4) is 0 Å². The second kappa shape index (κ2) is 3.29. The SMILES string of the molecule is CCC(=O)N1C2CCC1CC(N)C2. The van der Waals surface area contributed by atoms with E-state index in [1.165, 1.54) is 12.8 Å². The largest absolute Gasteiger partial charge is 0.337 e. The number of carbonyl (C=O) groups excluding carboxylic acids is 1. The van der Waals surface area contributed by atoms with Gasteiger partial charge < -0.3 is 10.6 Å². The van der Waals surface area contributed by atoms with Gasteiger partial charge in [0.15, 0.2) is 0 Å². The fraction of sp³-hybridized carbons (Fsp3) is 0.900. The lowest BCUT2D eigenvalue weighted by Crippen LogP contribution is -2.49. The van der Waals surface area contributed by atoms with Gasteiger partial charge in [-0.3, -0.25) is 4.79 Å². The first-order chi connectivity index (χ1) is 6.22. The summed E-state index contributed by atoms with van der Waals surface area (Å²) < 4.78 is 0. The summed E-state index contributed by atoms with van der Waals surface area (Å²) in [6, 6.07) is 1.25. The topological polar surface area (TPSA) is 46.3 Å². The van der Waals surface area contributed by atoms with E-state index < -0.39 is 0 Å². The summed E-state index contributed by atoms with van der Waals surface area (Å²) in [7, 11) is 0. The molecule has 2 saturated heterocycles. The second-order valence-corrected chi connectivity index (χ2v) is 4.27. The van der Waals surface area contributed by atoms with Crippen molar-refractivity contribution < 1.29 is 4.79 Å². The van der Waals surface area contributed by atoms with Crippen LogP contribution in [0.1, 0.15) is 39.0 Å². The van der Waals surface area contributed by atoms with Crippen molar-refractivity contribution in [1.29, 1.82) is 0 Å². The maximum atomic E-state index is 11.6. The molecule has 2 aliphatic rings. The normalized spacial score (nSPS) is 38.0. The molecule has 2 fully saturated rings. The molecule has 0 spiro atoms. The molecule has 2 heterocycles. The number of nitrogens with two attached hydrogens (primary N) is 1. The standard InChI is InChI=1S/C10H18N2O/c1-2-10(13)12-8-3-4-9(12)6-7(11)5-8/h7-9H,2-6,11H2,1H3. The number of hydrogen-bond acceptors (Lipinski definition) is 2. The average molecular weight is 182 g/mol. The summed E-state index contributed by atoms with van der Waals surface area (Å²) in [4.78, 5) is 13.7. The maximum absolute atomic E-state index is 11.6. The van der Waals surface area contributed by atoms with E-state index in [1.54, 1.807) is 0 Å². The predicted octanol–water partition coefficient (Wildman–Crippen LogP) is 0.877. The van der Waals surface area contributed by atoms with Crippen LogP contribution in [0.3, 0.4) is 0 Å². The van der Waals surface area contributed by atoms with E-state index in [4.69, 9.17) is 5.73 Å². The third-order valence-corrected chi connectivity index (χ3v) is 3.36. The lowest BCUT2D eigenvalue weighted by atomic mass is 9.98. The number of rotatable bonds is 1. The van der Waals surface area contributed by atoms with Gasteiger partial charge in [0.05, 0.1) is 0 Å². The third kappa shape index (κ3) is 1.46. The Bertz CT molecular complexity index is 203. The maximum Gasteiger partial charge on any atom is 0.222 e. The first kappa shape index (κ1) is 9.00. The van der Waals surface area contributed by atoms with Crippen LogP contribution in [0.2, 0.25) is 0 Å². The summed E-state index contributed by atoms with van der Waals surface area (Å²) >= 11 is 0. The Kier molecular flexibility index (Phi) is 2.28. The molecule has 0 aromatic rings. The first-order valence-electron chi connectivity index (χ1n) is 5.29. The summed E-state index contributed by atoms with van der Waals surface area (Å²) in [6.07, 6.45) is 5.01. The van der Waals surface area contributed by atoms with Crippen molar-refractivity contribution in [1.82, 2.24) is 4.90 Å². The van der Waals surface area contributed by atoms with E-state index in [-0.39, 0.29) is 0 Å². The third-order valence-electron chi connectivity index (χ3n) is 3.36. The molecule has 2 bridgehead atoms. The van der Waals surface area contributed by atoms with E-state index in [9.17, 15) is 4.79 Å². The molecule has 1 amide bonds. The molecule has 2 aliphatic heterocycles. The van der Waals surface area contributed by atoms with Gasteiger partial charge in [-0.2, -0.15) is 0 Å². The van der Waals surface area contributed by atoms with Gasteiger partial charge >= 0.3 is 0 Å². The Balaban J connectivity index is 2.10. The Hall–Kier alpha value is -0.570. The summed E-state index contributed by atoms with van der Waals surface area (Å²) in [5, 5.41) is 0. The van der Waals surface area contributed by atoms with E-state index >= 15 is 0 Å². The molecule has 13 heavy (non-hydrogen) atoms. The van der Waals surface area contributed by atoms with Crippen molar-refractivity contribution >= 4 is 5.91 Å². The molecule has 0 aromatic carbocycles. The number of carbonyl (C=O) groups is 1. The van der Waals surface area contributed by atoms with E-state index in [1.807, 2.05) is 6.92 Å². The van der Waals surface area contributed by atoms with Crippen LogP contribution >= 0.6 is 0 Å². The Morgan fingerprint density at radius 3 is 2.38 bits per heavy atom. The predicted molar refractivity (Wildman–Crippen MR) is 51.2 cm³/mol. The molecule has 3 heteroatoms. The second-order valence-electron chi connectivity index (χ2n) is 4.27. The molecular weight excluding hydrogens is 164 g/mol. The highest BCUT2D eigenvalue weighted by molar-refractivity contribution is 5.77. The van der Waals surface area contributed by atoms with Gasteiger partial charge in [-0.05, 0) is 25.7 Å². The molecule has 2 rings (SSSR count). The van der Waals surface area contributed by atoms with Gasteiger partial charge in [0.1, 0.15) is 0 Å². The minimum atomic E-state index is 0.319. The highest BCUT2D eigenvalue weighted by Gasteiger charge is 2.41. The number of hydrogen-bond donors (Lipinski definition) is 1. The van der Waals surface area contributed by atoms with Gasteiger partial charge in [0.25, 0.3) is 0 Å². The van der Waals surface area contributed by atoms with Gasteiger partial charge in [-0.15, -0.1) is 0 Å². The zero-order valence-corrected chi connectivity index (χ0v) is 8.20. The van der Waals surface area contributed by atoms with Gasteiger partial charge in [-0.1, -0.05) is 6.92 Å². The quantitative estimate of drug-likeness (QED) is 0.654. The van der Waals surface area contributed by atoms with Crippen LogP contribution in [0.15, 0.2) is 0 Å². The number of nitrogens with zero attached hydrogens (tertiary/aromatic N) is 1. The summed E-state index contributed by atoms with van der Waals surface area (Å²) in [5.41, 5.74) is 5.92. The first-order valence-corrected chi connectivity index (χ1v) is 5.29. The molecule has 2 N–H and O–H groups in total. The van der Waals surface area contributed by atoms with Crippen LogP contribution in [0.25, 0.3) is 0 Å². The van der Waals surface area contributed by atoms with E-state index in [0.717, 1.165) is 12.8 Å². The van der Waals surface area contributed by atoms with Crippen LogP contribution < -0.4 is 5.73 Å². The van der Waals surface area contributed by atoms with Crippen LogP contribution in [-0.4, -0.2) is 28.9 Å². The molecule has 0 radical (unpaired) electrons. The van der Waals surface area contributed by atoms with Crippen molar-refractivity contribution in [2.45, 2.75) is 57.2 Å². The molecule has 0 aliphatic carbocycles. The number of piperidine rings is 1. The van der Waals surface area contributed by atoms with Gasteiger partial charge in [0, 0.05) is 24.5 Å². The molecule has 74 valence electrons. The zero-order chi connectivity index (χ0) is 9.42. The summed E-state index contributed by atoms with van der Waals surface area (Å²) in [5.74, 6) is 0.319. The Morgan fingerprint density at radius 1 is 1.38 bits per heavy atom. The van der Waals surface area contributed by atoms with Gasteiger partial charge in [0.2, 0.25) is 5.91 Å². The van der Waals surface area contributed by atoms with Crippen LogP contribution in [-0.2, 0) is 4.79 Å². The summed E-state index contributed by atoms with van der Waals surface area (Å²) in [6.45, 7) is 1.94. The van der Waals surface area contributed by atoms with Crippen molar-refractivity contribution in [2.75, 3.05) is 0 Å². The lowest BCUT2D eigenvalue weighted by Gasteiger charge is -2.37. The monoisotopic (exact) mass is 182 g/mol. The minimum Gasteiger partial charge on any atom is -0.337 e. The van der Waals surface area contributed by atoms with Crippen LogP contribution in [0.4, 0.5) is 0 Å². The van der Waals surface area contributed by atoms with Gasteiger partial charge in [-0.25, -0.2) is 0 Å².